The van der Waals surface area contributed by atoms with Gasteiger partial charge in [-0.3, -0.25) is 0 Å². The van der Waals surface area contributed by atoms with Gasteiger partial charge in [-0.2, -0.15) is 10.2 Å². The van der Waals surface area contributed by atoms with Gasteiger partial charge in [0.25, 0.3) is 5.89 Å². The number of aromatic nitrogens is 3. The van der Waals surface area contributed by atoms with E-state index in [4.69, 9.17) is 4.52 Å². The highest BCUT2D eigenvalue weighted by Crippen LogP contribution is 2.46. The molecule has 1 unspecified atom stereocenters. The van der Waals surface area contributed by atoms with Crippen LogP contribution in [0.5, 0.6) is 0 Å². The lowest BCUT2D eigenvalue weighted by atomic mass is 9.81. The number of pyridine rings is 1. The molecule has 1 aliphatic heterocycles. The molecule has 2 aromatic heterocycles. The van der Waals surface area contributed by atoms with E-state index in [2.05, 4.69) is 50.0 Å². The van der Waals surface area contributed by atoms with E-state index in [0.717, 1.165) is 31.5 Å². The molecular weight excluding hydrogens is 376 g/mol. The van der Waals surface area contributed by atoms with E-state index >= 15 is 0 Å². The van der Waals surface area contributed by atoms with E-state index in [1.54, 1.807) is 12.3 Å². The van der Waals surface area contributed by atoms with Crippen molar-refractivity contribution in [3.05, 3.63) is 47.2 Å². The van der Waals surface area contributed by atoms with Crippen molar-refractivity contribution in [1.29, 1.82) is 5.26 Å². The van der Waals surface area contributed by atoms with Crippen LogP contribution in [0.15, 0.2) is 35.0 Å². The molecule has 1 saturated heterocycles. The summed E-state index contributed by atoms with van der Waals surface area (Å²) in [6, 6.07) is 10.5. The number of hydrogen-bond donors (Lipinski definition) is 2. The van der Waals surface area contributed by atoms with Crippen LogP contribution in [0.25, 0.3) is 22.8 Å². The van der Waals surface area contributed by atoms with E-state index in [1.165, 1.54) is 17.5 Å². The van der Waals surface area contributed by atoms with Gasteiger partial charge in [0.05, 0.1) is 11.1 Å². The van der Waals surface area contributed by atoms with Crippen LogP contribution in [-0.2, 0) is 11.8 Å². The SMILES string of the molecule is CC(C)Nc1ncc(-c2nc(-c3cccc4c3CCC43CCNC3)no2)cc1C#N. The van der Waals surface area contributed by atoms with Crippen LogP contribution in [0.1, 0.15) is 43.4 Å². The van der Waals surface area contributed by atoms with Gasteiger partial charge in [-0.1, -0.05) is 23.4 Å². The molecule has 7 nitrogen and oxygen atoms in total. The van der Waals surface area contributed by atoms with Crippen molar-refractivity contribution >= 4 is 5.82 Å². The number of nitrogens with zero attached hydrogens (tertiary/aromatic N) is 4. The smallest absolute Gasteiger partial charge is 0.259 e. The molecule has 1 spiro atoms. The number of hydrogen-bond acceptors (Lipinski definition) is 7. The van der Waals surface area contributed by atoms with E-state index in [9.17, 15) is 5.26 Å². The molecule has 1 aliphatic carbocycles. The zero-order valence-corrected chi connectivity index (χ0v) is 17.2. The fourth-order valence-electron chi connectivity index (χ4n) is 4.75. The highest BCUT2D eigenvalue weighted by Gasteiger charge is 2.42. The van der Waals surface area contributed by atoms with Crippen LogP contribution in [0.2, 0.25) is 0 Å². The second-order valence-corrected chi connectivity index (χ2v) is 8.49. The van der Waals surface area contributed by atoms with Gasteiger partial charge in [-0.05, 0) is 56.8 Å². The van der Waals surface area contributed by atoms with Crippen molar-refractivity contribution in [2.45, 2.75) is 44.6 Å². The Bertz CT molecular complexity index is 1140. The number of rotatable bonds is 4. The maximum absolute atomic E-state index is 9.49. The Labute approximate surface area is 175 Å². The Kier molecular flexibility index (Phi) is 4.52. The topological polar surface area (TPSA) is 99.7 Å². The van der Waals surface area contributed by atoms with Gasteiger partial charge in [0.15, 0.2) is 0 Å². The molecule has 2 N–H and O–H groups in total. The highest BCUT2D eigenvalue weighted by atomic mass is 16.5. The van der Waals surface area contributed by atoms with Gasteiger partial charge < -0.3 is 15.2 Å². The normalized spacial score (nSPS) is 19.9. The molecule has 1 aromatic carbocycles. The predicted molar refractivity (Wildman–Crippen MR) is 114 cm³/mol. The standard InChI is InChI=1S/C23H24N6O/c1-14(2)27-20-15(11-24)10-16(12-26-20)22-28-21(29-30-22)18-4-3-5-19-17(18)6-7-23(19)8-9-25-13-23/h3-5,10,12,14,25H,6-9,13H2,1-2H3,(H,26,27). The summed E-state index contributed by atoms with van der Waals surface area (Å²) >= 11 is 0. The number of benzene rings is 1. The van der Waals surface area contributed by atoms with Gasteiger partial charge in [0, 0.05) is 29.8 Å². The molecule has 3 heterocycles. The van der Waals surface area contributed by atoms with Crippen molar-refractivity contribution in [2.75, 3.05) is 18.4 Å². The zero-order valence-electron chi connectivity index (χ0n) is 17.2. The molecular formula is C23H24N6O. The average molecular weight is 400 g/mol. The lowest BCUT2D eigenvalue weighted by Crippen LogP contribution is -2.25. The maximum Gasteiger partial charge on any atom is 0.259 e. The molecule has 1 fully saturated rings. The highest BCUT2D eigenvalue weighted by molar-refractivity contribution is 5.68. The second-order valence-electron chi connectivity index (χ2n) is 8.49. The van der Waals surface area contributed by atoms with Crippen LogP contribution >= 0.6 is 0 Å². The first-order valence-electron chi connectivity index (χ1n) is 10.4. The third-order valence-electron chi connectivity index (χ3n) is 6.19. The lowest BCUT2D eigenvalue weighted by Gasteiger charge is -2.23. The largest absolute Gasteiger partial charge is 0.367 e. The molecule has 0 radical (unpaired) electrons. The number of anilines is 1. The van der Waals surface area contributed by atoms with E-state index in [-0.39, 0.29) is 11.5 Å². The van der Waals surface area contributed by atoms with Crippen LogP contribution in [0.3, 0.4) is 0 Å². The van der Waals surface area contributed by atoms with Crippen LogP contribution in [0.4, 0.5) is 5.82 Å². The van der Waals surface area contributed by atoms with Gasteiger partial charge >= 0.3 is 0 Å². The van der Waals surface area contributed by atoms with Crippen molar-refractivity contribution in [2.24, 2.45) is 0 Å². The Morgan fingerprint density at radius 1 is 1.30 bits per heavy atom. The van der Waals surface area contributed by atoms with Crippen LogP contribution in [-0.4, -0.2) is 34.3 Å². The summed E-state index contributed by atoms with van der Waals surface area (Å²) in [6.07, 6.45) is 5.04. The molecule has 0 saturated carbocycles. The van der Waals surface area contributed by atoms with E-state index < -0.39 is 0 Å². The monoisotopic (exact) mass is 400 g/mol. The van der Waals surface area contributed by atoms with Crippen molar-refractivity contribution < 1.29 is 4.52 Å². The molecule has 1 atom stereocenters. The Morgan fingerprint density at radius 2 is 2.20 bits per heavy atom. The Balaban J connectivity index is 1.49. The molecule has 152 valence electrons. The minimum atomic E-state index is 0.184. The van der Waals surface area contributed by atoms with E-state index in [1.807, 2.05) is 13.8 Å². The van der Waals surface area contributed by atoms with Gasteiger partial charge in [0.1, 0.15) is 11.9 Å². The predicted octanol–water partition coefficient (Wildman–Crippen LogP) is 3.67. The minimum Gasteiger partial charge on any atom is -0.367 e. The first kappa shape index (κ1) is 18.8. The lowest BCUT2D eigenvalue weighted by molar-refractivity contribution is 0.432. The molecule has 3 aromatic rings. The molecule has 2 aliphatic rings. The van der Waals surface area contributed by atoms with Gasteiger partial charge in [0.2, 0.25) is 5.82 Å². The zero-order chi connectivity index (χ0) is 20.7. The fraction of sp³-hybridized carbons (Fsp3) is 0.391. The summed E-state index contributed by atoms with van der Waals surface area (Å²) in [6.45, 7) is 6.13. The number of nitrogens with one attached hydrogen (secondary N) is 2. The molecule has 7 heteroatoms. The van der Waals surface area contributed by atoms with Gasteiger partial charge in [-0.25, -0.2) is 4.98 Å². The van der Waals surface area contributed by atoms with Crippen LogP contribution < -0.4 is 10.6 Å². The van der Waals surface area contributed by atoms with Crippen molar-refractivity contribution in [1.82, 2.24) is 20.4 Å². The number of nitriles is 1. The third kappa shape index (κ3) is 3.04. The first-order valence-corrected chi connectivity index (χ1v) is 10.4. The summed E-state index contributed by atoms with van der Waals surface area (Å²) < 4.78 is 5.56. The molecule has 0 bridgehead atoms. The molecule has 0 amide bonds. The first-order chi connectivity index (χ1) is 14.6. The summed E-state index contributed by atoms with van der Waals surface area (Å²) in [5.74, 6) is 1.53. The third-order valence-corrected chi connectivity index (χ3v) is 6.19. The van der Waals surface area contributed by atoms with Crippen LogP contribution in [0, 0.1) is 11.3 Å². The number of fused-ring (bicyclic) bond motifs is 2. The average Bonchev–Trinajstić information content (AvgIpc) is 3.49. The fourth-order valence-corrected chi connectivity index (χ4v) is 4.75. The summed E-state index contributed by atoms with van der Waals surface area (Å²) in [5.41, 5.74) is 5.15. The van der Waals surface area contributed by atoms with Gasteiger partial charge in [-0.15, -0.1) is 0 Å². The summed E-state index contributed by atoms with van der Waals surface area (Å²) in [7, 11) is 0. The molecule has 30 heavy (non-hydrogen) atoms. The Hall–Kier alpha value is -3.24. The van der Waals surface area contributed by atoms with Crippen molar-refractivity contribution in [3.63, 3.8) is 0 Å². The molecule has 5 rings (SSSR count). The second kappa shape index (κ2) is 7.22. The van der Waals surface area contributed by atoms with E-state index in [0.29, 0.717) is 28.7 Å². The Morgan fingerprint density at radius 3 is 2.97 bits per heavy atom. The quantitative estimate of drug-likeness (QED) is 0.689. The minimum absolute atomic E-state index is 0.184. The summed E-state index contributed by atoms with van der Waals surface area (Å²) in [5, 5.41) is 20.4. The summed E-state index contributed by atoms with van der Waals surface area (Å²) in [4.78, 5) is 9.03. The maximum atomic E-state index is 9.49. The van der Waals surface area contributed by atoms with Crippen molar-refractivity contribution in [3.8, 4) is 28.9 Å².